The summed E-state index contributed by atoms with van der Waals surface area (Å²) in [5.41, 5.74) is -0.210. The van der Waals surface area contributed by atoms with Crippen LogP contribution in [0.4, 0.5) is 0 Å². The highest BCUT2D eigenvalue weighted by molar-refractivity contribution is 9.10. The van der Waals surface area contributed by atoms with Crippen LogP contribution in [-0.4, -0.2) is 29.4 Å². The van der Waals surface area contributed by atoms with E-state index in [1.54, 1.807) is 0 Å². The minimum Gasteiger partial charge on any atom is -0.469 e. The van der Waals surface area contributed by atoms with Gasteiger partial charge in [0.05, 0.1) is 18.9 Å². The first-order chi connectivity index (χ1) is 9.84. The summed E-state index contributed by atoms with van der Waals surface area (Å²) in [4.78, 5) is 24.2. The van der Waals surface area contributed by atoms with Crippen LogP contribution in [0.5, 0.6) is 0 Å². The molecule has 5 heteroatoms. The van der Waals surface area contributed by atoms with Gasteiger partial charge in [-0.2, -0.15) is 0 Å². The third-order valence-electron chi connectivity index (χ3n) is 5.55. The van der Waals surface area contributed by atoms with Gasteiger partial charge in [-0.25, -0.2) is 0 Å². The molecule has 3 atom stereocenters. The van der Waals surface area contributed by atoms with Gasteiger partial charge in [0, 0.05) is 10.4 Å². The third kappa shape index (κ3) is 2.86. The topological polar surface area (TPSA) is 55.4 Å². The lowest BCUT2D eigenvalue weighted by molar-refractivity contribution is -0.146. The summed E-state index contributed by atoms with van der Waals surface area (Å²) in [6.45, 7) is 1.87. The molecule has 0 aromatic carbocycles. The quantitative estimate of drug-likeness (QED) is 0.621. The molecule has 0 aromatic heterocycles. The van der Waals surface area contributed by atoms with E-state index in [-0.39, 0.29) is 34.1 Å². The van der Waals surface area contributed by atoms with Crippen molar-refractivity contribution < 1.29 is 14.3 Å². The lowest BCUT2D eigenvalue weighted by atomic mass is 9.49. The molecular formula is C16H24BrNO3. The summed E-state index contributed by atoms with van der Waals surface area (Å²) >= 11 is 3.92. The van der Waals surface area contributed by atoms with E-state index >= 15 is 0 Å². The van der Waals surface area contributed by atoms with Crippen molar-refractivity contribution in [3.8, 4) is 0 Å². The van der Waals surface area contributed by atoms with Crippen LogP contribution in [0.25, 0.3) is 0 Å². The van der Waals surface area contributed by atoms with Crippen molar-refractivity contribution in [3.63, 3.8) is 0 Å². The van der Waals surface area contributed by atoms with Crippen LogP contribution in [-0.2, 0) is 14.3 Å². The van der Waals surface area contributed by atoms with Gasteiger partial charge in [-0.15, -0.1) is 0 Å². The van der Waals surface area contributed by atoms with E-state index in [9.17, 15) is 9.59 Å². The smallest absolute Gasteiger partial charge is 0.307 e. The predicted molar refractivity (Wildman–Crippen MR) is 83.0 cm³/mol. The fourth-order valence-electron chi connectivity index (χ4n) is 5.18. The fraction of sp³-hybridized carbons (Fsp3) is 0.875. The fourth-order valence-corrected chi connectivity index (χ4v) is 6.63. The Hall–Kier alpha value is -0.580. The molecule has 4 saturated carbocycles. The number of hydrogen-bond acceptors (Lipinski definition) is 3. The molecular weight excluding hydrogens is 334 g/mol. The van der Waals surface area contributed by atoms with Gasteiger partial charge >= 0.3 is 5.97 Å². The van der Waals surface area contributed by atoms with Crippen LogP contribution in [0, 0.1) is 17.3 Å². The molecule has 0 aromatic rings. The number of ether oxygens (including phenoxy) is 1. The number of rotatable bonds is 4. The minimum absolute atomic E-state index is 0.150. The summed E-state index contributed by atoms with van der Waals surface area (Å²) in [7, 11) is 1.38. The maximum atomic E-state index is 12.8. The number of amides is 1. The number of methoxy groups -OCH3 is 1. The number of alkyl halides is 1. The number of esters is 1. The van der Waals surface area contributed by atoms with E-state index in [0.29, 0.717) is 11.8 Å². The first-order valence-electron chi connectivity index (χ1n) is 7.91. The SMILES string of the molecule is COC(=O)CC(C)NC(=O)C12CC3CC(CC(Br)(C3)C1)C2. The second-order valence-electron chi connectivity index (χ2n) is 7.55. The maximum Gasteiger partial charge on any atom is 0.307 e. The van der Waals surface area contributed by atoms with Crippen LogP contribution in [0.3, 0.4) is 0 Å². The molecule has 4 bridgehead atoms. The zero-order chi connectivity index (χ0) is 15.3. The molecule has 1 N–H and O–H groups in total. The number of halogens is 1. The van der Waals surface area contributed by atoms with Crippen molar-refractivity contribution in [2.45, 2.75) is 62.2 Å². The standard InChI is InChI=1S/C16H24BrNO3/c1-10(3-13(19)21-2)18-14(20)15-5-11-4-12(6-15)8-16(17,7-11)9-15/h10-12H,3-9H2,1-2H3,(H,18,20). The normalized spacial score (nSPS) is 41.7. The molecule has 4 aliphatic carbocycles. The Bertz CT molecular complexity index is 450. The second kappa shape index (κ2) is 5.25. The molecule has 0 spiro atoms. The van der Waals surface area contributed by atoms with Gasteiger partial charge < -0.3 is 10.1 Å². The van der Waals surface area contributed by atoms with Crippen LogP contribution in [0.2, 0.25) is 0 Å². The van der Waals surface area contributed by atoms with Crippen LogP contribution < -0.4 is 5.32 Å². The number of carbonyl (C=O) groups is 2. The Kier molecular flexibility index (Phi) is 3.83. The van der Waals surface area contributed by atoms with E-state index in [1.807, 2.05) is 6.92 Å². The summed E-state index contributed by atoms with van der Waals surface area (Å²) in [6.07, 6.45) is 6.96. The van der Waals surface area contributed by atoms with E-state index < -0.39 is 0 Å². The summed E-state index contributed by atoms with van der Waals surface area (Å²) < 4.78 is 4.85. The van der Waals surface area contributed by atoms with Gasteiger partial charge in [-0.1, -0.05) is 15.9 Å². The number of hydrogen-bond donors (Lipinski definition) is 1. The largest absolute Gasteiger partial charge is 0.469 e. The highest BCUT2D eigenvalue weighted by atomic mass is 79.9. The van der Waals surface area contributed by atoms with E-state index in [0.717, 1.165) is 19.3 Å². The molecule has 0 saturated heterocycles. The van der Waals surface area contributed by atoms with E-state index in [1.165, 1.54) is 26.4 Å². The van der Waals surface area contributed by atoms with Crippen molar-refractivity contribution in [1.82, 2.24) is 5.32 Å². The lowest BCUT2D eigenvalue weighted by Gasteiger charge is -2.59. The van der Waals surface area contributed by atoms with Crippen LogP contribution >= 0.6 is 15.9 Å². The van der Waals surface area contributed by atoms with E-state index in [2.05, 4.69) is 26.0 Å². The monoisotopic (exact) mass is 357 g/mol. The first-order valence-corrected chi connectivity index (χ1v) is 8.70. The maximum absolute atomic E-state index is 12.8. The van der Waals surface area contributed by atoms with Crippen molar-refractivity contribution >= 4 is 27.8 Å². The molecule has 4 rings (SSSR count). The minimum atomic E-state index is -0.273. The molecule has 0 radical (unpaired) electrons. The predicted octanol–water partition coefficient (Wildman–Crippen LogP) is 2.79. The van der Waals surface area contributed by atoms with Gasteiger partial charge in [-0.3, -0.25) is 9.59 Å². The van der Waals surface area contributed by atoms with Crippen LogP contribution in [0.15, 0.2) is 0 Å². The third-order valence-corrected chi connectivity index (χ3v) is 6.48. The lowest BCUT2D eigenvalue weighted by Crippen LogP contribution is -2.59. The molecule has 4 aliphatic rings. The highest BCUT2D eigenvalue weighted by Crippen LogP contribution is 2.64. The van der Waals surface area contributed by atoms with E-state index in [4.69, 9.17) is 0 Å². The zero-order valence-electron chi connectivity index (χ0n) is 12.8. The number of nitrogens with one attached hydrogen (secondary N) is 1. The molecule has 1 amide bonds. The highest BCUT2D eigenvalue weighted by Gasteiger charge is 2.59. The van der Waals surface area contributed by atoms with Crippen LogP contribution in [0.1, 0.15) is 51.9 Å². The Morgan fingerprint density at radius 2 is 1.90 bits per heavy atom. The van der Waals surface area contributed by atoms with Crippen molar-refractivity contribution in [1.29, 1.82) is 0 Å². The molecule has 118 valence electrons. The molecule has 3 unspecified atom stereocenters. The molecule has 21 heavy (non-hydrogen) atoms. The number of carbonyl (C=O) groups excluding carboxylic acids is 2. The molecule has 4 fully saturated rings. The van der Waals surface area contributed by atoms with Gasteiger partial charge in [0.2, 0.25) is 5.91 Å². The Morgan fingerprint density at radius 1 is 1.29 bits per heavy atom. The summed E-state index contributed by atoms with van der Waals surface area (Å²) in [6, 6.07) is -0.163. The summed E-state index contributed by atoms with van der Waals surface area (Å²) in [5.74, 6) is 1.25. The molecule has 4 nitrogen and oxygen atoms in total. The Balaban J connectivity index is 1.68. The Morgan fingerprint density at radius 3 is 2.43 bits per heavy atom. The van der Waals surface area contributed by atoms with Gasteiger partial charge in [0.25, 0.3) is 0 Å². The average molecular weight is 358 g/mol. The van der Waals surface area contributed by atoms with Gasteiger partial charge in [0.15, 0.2) is 0 Å². The van der Waals surface area contributed by atoms with Crippen molar-refractivity contribution in [2.75, 3.05) is 7.11 Å². The zero-order valence-corrected chi connectivity index (χ0v) is 14.4. The average Bonchev–Trinajstić information content (AvgIpc) is 2.35. The summed E-state index contributed by atoms with van der Waals surface area (Å²) in [5, 5.41) is 3.06. The second-order valence-corrected chi connectivity index (χ2v) is 9.23. The Labute approximate surface area is 134 Å². The molecule has 0 heterocycles. The first kappa shape index (κ1) is 15.3. The molecule has 0 aliphatic heterocycles. The van der Waals surface area contributed by atoms with Crippen molar-refractivity contribution in [3.05, 3.63) is 0 Å². The van der Waals surface area contributed by atoms with Gasteiger partial charge in [0.1, 0.15) is 0 Å². The van der Waals surface area contributed by atoms with Crippen molar-refractivity contribution in [2.24, 2.45) is 17.3 Å². The van der Waals surface area contributed by atoms with Gasteiger partial charge in [-0.05, 0) is 57.3 Å².